The monoisotopic (exact) mass is 216 g/mol. The Balaban J connectivity index is 2.58. The number of aliphatic hydroxyl groups excluding tert-OH is 2. The van der Waals surface area contributed by atoms with E-state index in [1.54, 1.807) is 0 Å². The highest BCUT2D eigenvalue weighted by molar-refractivity contribution is 4.86. The molecule has 2 N–H and O–H groups in total. The molecule has 1 aliphatic rings. The zero-order chi connectivity index (χ0) is 11.5. The van der Waals surface area contributed by atoms with Crippen LogP contribution in [-0.4, -0.2) is 35.6 Å². The van der Waals surface area contributed by atoms with Gasteiger partial charge >= 0.3 is 0 Å². The van der Waals surface area contributed by atoms with Crippen LogP contribution in [-0.2, 0) is 4.74 Å². The van der Waals surface area contributed by atoms with Crippen molar-refractivity contribution < 1.29 is 14.9 Å². The van der Waals surface area contributed by atoms with Gasteiger partial charge < -0.3 is 14.9 Å². The van der Waals surface area contributed by atoms with Crippen LogP contribution < -0.4 is 0 Å². The number of hydrogen-bond donors (Lipinski definition) is 2. The summed E-state index contributed by atoms with van der Waals surface area (Å²) in [4.78, 5) is 0. The quantitative estimate of drug-likeness (QED) is 0.733. The molecule has 0 aromatic rings. The molecule has 0 saturated carbocycles. The van der Waals surface area contributed by atoms with Crippen molar-refractivity contribution in [2.45, 2.75) is 52.2 Å². The molecule has 1 aliphatic heterocycles. The lowest BCUT2D eigenvalue weighted by Crippen LogP contribution is -2.38. The van der Waals surface area contributed by atoms with Crippen molar-refractivity contribution in [3.8, 4) is 0 Å². The van der Waals surface area contributed by atoms with E-state index in [1.807, 2.05) is 13.8 Å². The standard InChI is InChI=1S/C12H24O3/c1-9(2)12(7-13,8-14)6-11-5-4-10(3)15-11/h9-11,13-14H,4-8H2,1-3H3. The van der Waals surface area contributed by atoms with Crippen molar-refractivity contribution in [1.82, 2.24) is 0 Å². The minimum absolute atomic E-state index is 0.0371. The summed E-state index contributed by atoms with van der Waals surface area (Å²) in [5.41, 5.74) is -0.380. The molecule has 1 fully saturated rings. The van der Waals surface area contributed by atoms with Crippen LogP contribution in [0.1, 0.15) is 40.0 Å². The van der Waals surface area contributed by atoms with E-state index >= 15 is 0 Å². The van der Waals surface area contributed by atoms with E-state index in [9.17, 15) is 10.2 Å². The summed E-state index contributed by atoms with van der Waals surface area (Å²) in [6, 6.07) is 0. The second-order valence-corrected chi connectivity index (χ2v) is 5.18. The van der Waals surface area contributed by atoms with E-state index in [0.29, 0.717) is 6.10 Å². The van der Waals surface area contributed by atoms with Crippen LogP contribution in [0, 0.1) is 11.3 Å². The summed E-state index contributed by atoms with van der Waals surface area (Å²) in [5.74, 6) is 0.270. The van der Waals surface area contributed by atoms with Gasteiger partial charge in [0.2, 0.25) is 0 Å². The lowest BCUT2D eigenvalue weighted by molar-refractivity contribution is -0.0432. The second-order valence-electron chi connectivity index (χ2n) is 5.18. The van der Waals surface area contributed by atoms with Crippen LogP contribution in [0.4, 0.5) is 0 Å². The zero-order valence-electron chi connectivity index (χ0n) is 10.1. The largest absolute Gasteiger partial charge is 0.396 e. The molecule has 0 aromatic heterocycles. The van der Waals surface area contributed by atoms with Gasteiger partial charge in [-0.3, -0.25) is 0 Å². The topological polar surface area (TPSA) is 49.7 Å². The Morgan fingerprint density at radius 2 is 1.87 bits per heavy atom. The minimum Gasteiger partial charge on any atom is -0.396 e. The SMILES string of the molecule is CC1CCC(CC(CO)(CO)C(C)C)O1. The maximum atomic E-state index is 9.46. The predicted octanol–water partition coefficient (Wildman–Crippen LogP) is 1.57. The van der Waals surface area contributed by atoms with Crippen LogP contribution in [0.2, 0.25) is 0 Å². The molecule has 2 unspecified atom stereocenters. The van der Waals surface area contributed by atoms with E-state index in [1.165, 1.54) is 0 Å². The Hall–Kier alpha value is -0.120. The van der Waals surface area contributed by atoms with E-state index < -0.39 is 0 Å². The fraction of sp³-hybridized carbons (Fsp3) is 1.00. The number of rotatable bonds is 5. The van der Waals surface area contributed by atoms with Gasteiger partial charge in [-0.2, -0.15) is 0 Å². The Bertz CT molecular complexity index is 187. The molecule has 0 spiro atoms. The molecule has 0 aromatic carbocycles. The number of hydrogen-bond acceptors (Lipinski definition) is 3. The van der Waals surface area contributed by atoms with Crippen molar-refractivity contribution in [2.75, 3.05) is 13.2 Å². The highest BCUT2D eigenvalue weighted by Gasteiger charge is 2.37. The van der Waals surface area contributed by atoms with Crippen LogP contribution in [0.15, 0.2) is 0 Å². The highest BCUT2D eigenvalue weighted by atomic mass is 16.5. The zero-order valence-corrected chi connectivity index (χ0v) is 10.1. The van der Waals surface area contributed by atoms with Crippen molar-refractivity contribution in [3.05, 3.63) is 0 Å². The van der Waals surface area contributed by atoms with Gasteiger partial charge in [-0.1, -0.05) is 13.8 Å². The van der Waals surface area contributed by atoms with Crippen LogP contribution >= 0.6 is 0 Å². The molecule has 3 nitrogen and oxygen atoms in total. The third-order valence-electron chi connectivity index (χ3n) is 3.81. The summed E-state index contributed by atoms with van der Waals surface area (Å²) in [6.07, 6.45) is 3.45. The molecular weight excluding hydrogens is 192 g/mol. The smallest absolute Gasteiger partial charge is 0.0586 e. The van der Waals surface area contributed by atoms with Crippen molar-refractivity contribution in [1.29, 1.82) is 0 Å². The van der Waals surface area contributed by atoms with Crippen LogP contribution in [0.25, 0.3) is 0 Å². The van der Waals surface area contributed by atoms with E-state index in [2.05, 4.69) is 6.92 Å². The molecule has 1 saturated heterocycles. The average molecular weight is 216 g/mol. The van der Waals surface area contributed by atoms with E-state index in [4.69, 9.17) is 4.74 Å². The van der Waals surface area contributed by atoms with Gasteiger partial charge in [0.1, 0.15) is 0 Å². The van der Waals surface area contributed by atoms with E-state index in [0.717, 1.165) is 19.3 Å². The minimum atomic E-state index is -0.380. The Kier molecular flexibility index (Phi) is 4.56. The summed E-state index contributed by atoms with van der Waals surface area (Å²) >= 11 is 0. The first-order valence-electron chi connectivity index (χ1n) is 5.91. The van der Waals surface area contributed by atoms with Gasteiger partial charge in [-0.25, -0.2) is 0 Å². The van der Waals surface area contributed by atoms with Crippen molar-refractivity contribution in [3.63, 3.8) is 0 Å². The molecule has 2 atom stereocenters. The fourth-order valence-corrected chi connectivity index (χ4v) is 2.27. The lowest BCUT2D eigenvalue weighted by atomic mass is 9.74. The Morgan fingerprint density at radius 3 is 2.20 bits per heavy atom. The van der Waals surface area contributed by atoms with Gasteiger partial charge in [-0.05, 0) is 32.1 Å². The molecule has 3 heteroatoms. The molecule has 1 heterocycles. The average Bonchev–Trinajstić information content (AvgIpc) is 2.60. The van der Waals surface area contributed by atoms with Crippen LogP contribution in [0.5, 0.6) is 0 Å². The summed E-state index contributed by atoms with van der Waals surface area (Å²) in [5, 5.41) is 18.9. The summed E-state index contributed by atoms with van der Waals surface area (Å²) < 4.78 is 5.75. The number of aliphatic hydroxyl groups is 2. The normalized spacial score (nSPS) is 27.6. The van der Waals surface area contributed by atoms with Gasteiger partial charge in [-0.15, -0.1) is 0 Å². The van der Waals surface area contributed by atoms with E-state index in [-0.39, 0.29) is 30.7 Å². The fourth-order valence-electron chi connectivity index (χ4n) is 2.27. The molecule has 0 aliphatic carbocycles. The molecule has 1 rings (SSSR count). The second kappa shape index (κ2) is 5.28. The maximum Gasteiger partial charge on any atom is 0.0586 e. The summed E-state index contributed by atoms with van der Waals surface area (Å²) in [6.45, 7) is 6.25. The molecule has 90 valence electrons. The summed E-state index contributed by atoms with van der Waals surface area (Å²) in [7, 11) is 0. The third-order valence-corrected chi connectivity index (χ3v) is 3.81. The highest BCUT2D eigenvalue weighted by Crippen LogP contribution is 2.36. The molecule has 0 radical (unpaired) electrons. The Labute approximate surface area is 92.4 Å². The number of ether oxygens (including phenoxy) is 1. The molecule has 0 amide bonds. The first kappa shape index (κ1) is 12.9. The predicted molar refractivity (Wildman–Crippen MR) is 59.6 cm³/mol. The Morgan fingerprint density at radius 1 is 1.27 bits per heavy atom. The molecule has 0 bridgehead atoms. The first-order chi connectivity index (χ1) is 7.04. The maximum absolute atomic E-state index is 9.46. The van der Waals surface area contributed by atoms with Gasteiger partial charge in [0.05, 0.1) is 25.4 Å². The van der Waals surface area contributed by atoms with Gasteiger partial charge in [0.15, 0.2) is 0 Å². The van der Waals surface area contributed by atoms with Gasteiger partial charge in [0.25, 0.3) is 0 Å². The van der Waals surface area contributed by atoms with Gasteiger partial charge in [0, 0.05) is 5.41 Å². The van der Waals surface area contributed by atoms with Crippen LogP contribution in [0.3, 0.4) is 0 Å². The van der Waals surface area contributed by atoms with Crippen molar-refractivity contribution >= 4 is 0 Å². The molecular formula is C12H24O3. The molecule has 15 heavy (non-hydrogen) atoms. The third kappa shape index (κ3) is 2.92. The first-order valence-corrected chi connectivity index (χ1v) is 5.91. The lowest BCUT2D eigenvalue weighted by Gasteiger charge is -2.36. The van der Waals surface area contributed by atoms with Crippen molar-refractivity contribution in [2.24, 2.45) is 11.3 Å².